The van der Waals surface area contributed by atoms with Crippen LogP contribution in [0.3, 0.4) is 0 Å². The van der Waals surface area contributed by atoms with Gasteiger partial charge >= 0.3 is 0 Å². The Kier molecular flexibility index (Phi) is 3.95. The number of piperidine rings is 1. The van der Waals surface area contributed by atoms with Crippen molar-refractivity contribution in [3.05, 3.63) is 28.2 Å². The monoisotopic (exact) mass is 357 g/mol. The van der Waals surface area contributed by atoms with Gasteiger partial charge in [-0.15, -0.1) is 0 Å². The van der Waals surface area contributed by atoms with Gasteiger partial charge in [0.15, 0.2) is 0 Å². The first-order valence-electron chi connectivity index (χ1n) is 7.28. The van der Waals surface area contributed by atoms with E-state index in [4.69, 9.17) is 0 Å². The van der Waals surface area contributed by atoms with Crippen LogP contribution in [-0.4, -0.2) is 25.3 Å². The molecule has 0 amide bonds. The Morgan fingerprint density at radius 2 is 1.95 bits per heavy atom. The van der Waals surface area contributed by atoms with Crippen LogP contribution in [0.2, 0.25) is 0 Å². The number of hydrogen-bond donors (Lipinski definition) is 0. The van der Waals surface area contributed by atoms with Gasteiger partial charge in [0.1, 0.15) is 0 Å². The van der Waals surface area contributed by atoms with Crippen molar-refractivity contribution in [1.82, 2.24) is 4.31 Å². The maximum Gasteiger partial charge on any atom is 0.243 e. The number of sulfonamides is 1. The van der Waals surface area contributed by atoms with Crippen molar-refractivity contribution < 1.29 is 8.42 Å². The second-order valence-electron chi connectivity index (χ2n) is 5.93. The summed E-state index contributed by atoms with van der Waals surface area (Å²) in [5.74, 6) is 0.575. The lowest BCUT2D eigenvalue weighted by Gasteiger charge is -2.37. The minimum atomic E-state index is -3.37. The normalized spacial score (nSPS) is 27.5. The van der Waals surface area contributed by atoms with Gasteiger partial charge in [-0.25, -0.2) is 8.42 Å². The van der Waals surface area contributed by atoms with Crippen LogP contribution >= 0.6 is 15.9 Å². The number of rotatable bonds is 2. The molecule has 1 saturated heterocycles. The smallest absolute Gasteiger partial charge is 0.207 e. The number of hydrogen-bond acceptors (Lipinski definition) is 2. The quantitative estimate of drug-likeness (QED) is 0.808. The molecule has 0 bridgehead atoms. The minimum absolute atomic E-state index is 0.229. The van der Waals surface area contributed by atoms with E-state index in [9.17, 15) is 8.42 Å². The van der Waals surface area contributed by atoms with Gasteiger partial charge in [-0.1, -0.05) is 28.4 Å². The van der Waals surface area contributed by atoms with E-state index in [1.165, 1.54) is 19.3 Å². The van der Waals surface area contributed by atoms with Crippen molar-refractivity contribution in [2.24, 2.45) is 5.92 Å². The fraction of sp³-hybridized carbons (Fsp3) is 0.600. The molecule has 1 aliphatic heterocycles. The van der Waals surface area contributed by atoms with E-state index in [2.05, 4.69) is 15.9 Å². The molecule has 2 atom stereocenters. The SMILES string of the molecule is Cc1ccc(Br)cc1S(=O)(=O)N1CCCC2CCCC21. The summed E-state index contributed by atoms with van der Waals surface area (Å²) in [5, 5.41) is 0. The zero-order valence-electron chi connectivity index (χ0n) is 11.7. The second kappa shape index (κ2) is 5.43. The summed E-state index contributed by atoms with van der Waals surface area (Å²) in [6, 6.07) is 5.73. The first-order valence-corrected chi connectivity index (χ1v) is 9.51. The van der Waals surface area contributed by atoms with Gasteiger partial charge in [0.2, 0.25) is 10.0 Å². The molecule has 20 heavy (non-hydrogen) atoms. The first-order chi connectivity index (χ1) is 9.50. The van der Waals surface area contributed by atoms with Crippen molar-refractivity contribution in [2.75, 3.05) is 6.54 Å². The lowest BCUT2D eigenvalue weighted by molar-refractivity contribution is 0.202. The van der Waals surface area contributed by atoms with Gasteiger partial charge in [0.25, 0.3) is 0 Å². The van der Waals surface area contributed by atoms with Crippen molar-refractivity contribution in [1.29, 1.82) is 0 Å². The molecular formula is C15H20BrNO2S. The molecule has 1 aliphatic carbocycles. The van der Waals surface area contributed by atoms with Crippen LogP contribution in [0, 0.1) is 12.8 Å². The fourth-order valence-corrected chi connectivity index (χ4v) is 6.20. The van der Waals surface area contributed by atoms with Gasteiger partial charge in [0.05, 0.1) is 4.90 Å². The van der Waals surface area contributed by atoms with Crippen LogP contribution in [0.1, 0.15) is 37.7 Å². The predicted molar refractivity (Wildman–Crippen MR) is 83.1 cm³/mol. The molecule has 3 rings (SSSR count). The number of fused-ring (bicyclic) bond motifs is 1. The topological polar surface area (TPSA) is 37.4 Å². The van der Waals surface area contributed by atoms with Gasteiger partial charge in [-0.05, 0) is 56.2 Å². The molecule has 1 heterocycles. The van der Waals surface area contributed by atoms with Gasteiger partial charge < -0.3 is 0 Å². The summed E-state index contributed by atoms with van der Waals surface area (Å²) in [5.41, 5.74) is 0.827. The molecule has 0 aromatic heterocycles. The van der Waals surface area contributed by atoms with E-state index in [0.717, 1.165) is 22.9 Å². The summed E-state index contributed by atoms with van der Waals surface area (Å²) >= 11 is 3.39. The summed E-state index contributed by atoms with van der Waals surface area (Å²) in [6.07, 6.45) is 5.56. The van der Waals surface area contributed by atoms with Crippen molar-refractivity contribution in [2.45, 2.75) is 50.0 Å². The van der Waals surface area contributed by atoms with E-state index in [1.54, 1.807) is 10.4 Å². The summed E-state index contributed by atoms with van der Waals surface area (Å²) in [6.45, 7) is 2.55. The first kappa shape index (κ1) is 14.5. The third kappa shape index (κ3) is 2.44. The molecule has 0 N–H and O–H groups in total. The number of aryl methyl sites for hydroxylation is 1. The van der Waals surface area contributed by atoms with Crippen molar-refractivity contribution in [3.63, 3.8) is 0 Å². The Hall–Kier alpha value is -0.390. The second-order valence-corrected chi connectivity index (χ2v) is 8.70. The van der Waals surface area contributed by atoms with Crippen LogP contribution < -0.4 is 0 Å². The molecule has 0 spiro atoms. The molecule has 110 valence electrons. The van der Waals surface area contributed by atoms with Crippen LogP contribution in [0.4, 0.5) is 0 Å². The number of benzene rings is 1. The zero-order chi connectivity index (χ0) is 14.3. The van der Waals surface area contributed by atoms with E-state index in [1.807, 2.05) is 19.1 Å². The summed E-state index contributed by atoms with van der Waals surface area (Å²) in [4.78, 5) is 0.458. The van der Waals surface area contributed by atoms with Gasteiger partial charge in [0, 0.05) is 17.1 Å². The summed E-state index contributed by atoms with van der Waals surface area (Å²) < 4.78 is 28.6. The molecule has 2 fully saturated rings. The third-order valence-electron chi connectivity index (χ3n) is 4.68. The Bertz CT molecular complexity index is 614. The maximum atomic E-state index is 13.0. The fourth-order valence-electron chi connectivity index (χ4n) is 3.68. The van der Waals surface area contributed by atoms with Crippen molar-refractivity contribution in [3.8, 4) is 0 Å². The zero-order valence-corrected chi connectivity index (χ0v) is 14.1. The Labute approximate surface area is 129 Å². The molecule has 5 heteroatoms. The van der Waals surface area contributed by atoms with Gasteiger partial charge in [-0.2, -0.15) is 4.31 Å². The standard InChI is InChI=1S/C15H20BrNO2S/c1-11-7-8-13(16)10-15(11)20(18,19)17-9-3-5-12-4-2-6-14(12)17/h7-8,10,12,14H,2-6,9H2,1H3. The molecule has 2 aliphatic rings. The average molecular weight is 358 g/mol. The molecule has 0 radical (unpaired) electrons. The molecule has 3 nitrogen and oxygen atoms in total. The van der Waals surface area contributed by atoms with Crippen LogP contribution in [-0.2, 0) is 10.0 Å². The highest BCUT2D eigenvalue weighted by atomic mass is 79.9. The van der Waals surface area contributed by atoms with Crippen molar-refractivity contribution >= 4 is 26.0 Å². The highest BCUT2D eigenvalue weighted by Gasteiger charge is 2.41. The molecule has 1 aromatic carbocycles. The van der Waals surface area contributed by atoms with Crippen LogP contribution in [0.5, 0.6) is 0 Å². The molecule has 1 aromatic rings. The lowest BCUT2D eigenvalue weighted by Crippen LogP contribution is -2.46. The molecule has 1 saturated carbocycles. The molecular weight excluding hydrogens is 338 g/mol. The number of nitrogens with zero attached hydrogens (tertiary/aromatic N) is 1. The highest BCUT2D eigenvalue weighted by molar-refractivity contribution is 9.10. The molecule has 2 unspecified atom stereocenters. The Morgan fingerprint density at radius 3 is 2.75 bits per heavy atom. The van der Waals surface area contributed by atoms with Gasteiger partial charge in [-0.3, -0.25) is 0 Å². The van der Waals surface area contributed by atoms with E-state index < -0.39 is 10.0 Å². The third-order valence-corrected chi connectivity index (χ3v) is 7.24. The largest absolute Gasteiger partial charge is 0.243 e. The van der Waals surface area contributed by atoms with Crippen LogP contribution in [0.25, 0.3) is 0 Å². The maximum absolute atomic E-state index is 13.0. The van der Waals surface area contributed by atoms with Crippen LogP contribution in [0.15, 0.2) is 27.6 Å². The highest BCUT2D eigenvalue weighted by Crippen LogP contribution is 2.40. The lowest BCUT2D eigenvalue weighted by atomic mass is 9.94. The van der Waals surface area contributed by atoms with E-state index >= 15 is 0 Å². The number of halogens is 1. The average Bonchev–Trinajstić information content (AvgIpc) is 2.89. The predicted octanol–water partition coefficient (Wildman–Crippen LogP) is 3.71. The van der Waals surface area contributed by atoms with E-state index in [0.29, 0.717) is 17.4 Å². The summed E-state index contributed by atoms with van der Waals surface area (Å²) in [7, 11) is -3.37. The minimum Gasteiger partial charge on any atom is -0.207 e. The Balaban J connectivity index is 2.00. The Morgan fingerprint density at radius 1 is 1.20 bits per heavy atom. The van der Waals surface area contributed by atoms with E-state index in [-0.39, 0.29) is 6.04 Å².